The van der Waals surface area contributed by atoms with Crippen molar-refractivity contribution in [1.82, 2.24) is 4.57 Å². The smallest absolute Gasteiger partial charge is 0.418 e. The van der Waals surface area contributed by atoms with Gasteiger partial charge in [0.15, 0.2) is 0 Å². The summed E-state index contributed by atoms with van der Waals surface area (Å²) in [5.74, 6) is -2.98. The highest BCUT2D eigenvalue weighted by Crippen LogP contribution is 2.55. The van der Waals surface area contributed by atoms with Crippen LogP contribution in [0.5, 0.6) is 5.75 Å². The number of para-hydroxylation sites is 2. The average Bonchev–Trinajstić information content (AvgIpc) is 3.43. The Balaban J connectivity index is 1.42. The number of alkyl halides is 3. The summed E-state index contributed by atoms with van der Waals surface area (Å²) in [5, 5.41) is 1.63. The molecule has 44 heavy (non-hydrogen) atoms. The van der Waals surface area contributed by atoms with Crippen molar-refractivity contribution in [2.45, 2.75) is 28.9 Å². The summed E-state index contributed by atoms with van der Waals surface area (Å²) in [5.41, 5.74) is -0.490. The number of hydrogen-bond acceptors (Lipinski definition) is 7. The second-order valence-corrected chi connectivity index (χ2v) is 13.0. The minimum Gasteiger partial charge on any atom is -0.496 e. The number of amides is 3. The largest absolute Gasteiger partial charge is 0.496 e. The van der Waals surface area contributed by atoms with Crippen LogP contribution in [-0.4, -0.2) is 34.6 Å². The van der Waals surface area contributed by atoms with Gasteiger partial charge >= 0.3 is 11.0 Å². The van der Waals surface area contributed by atoms with Crippen LogP contribution in [0.2, 0.25) is 0 Å². The first kappa shape index (κ1) is 30.2. The van der Waals surface area contributed by atoms with E-state index in [1.807, 2.05) is 0 Å². The van der Waals surface area contributed by atoms with Gasteiger partial charge in [-0.15, -0.1) is 0 Å². The van der Waals surface area contributed by atoms with E-state index < -0.39 is 63.7 Å². The molecule has 0 radical (unpaired) electrons. The predicted molar refractivity (Wildman–Crippen MR) is 163 cm³/mol. The molecule has 3 aromatic carbocycles. The van der Waals surface area contributed by atoms with Crippen molar-refractivity contribution < 1.29 is 32.3 Å². The molecule has 1 saturated heterocycles. The number of fused-ring (bicyclic) bond motifs is 2. The Morgan fingerprint density at radius 1 is 0.977 bits per heavy atom. The van der Waals surface area contributed by atoms with Crippen LogP contribution >= 0.6 is 39.0 Å². The normalized spacial score (nSPS) is 19.5. The molecule has 2 aliphatic heterocycles. The number of hydrogen-bond donors (Lipinski definition) is 1. The Morgan fingerprint density at radius 2 is 1.66 bits per heavy atom. The van der Waals surface area contributed by atoms with Crippen molar-refractivity contribution in [3.05, 3.63) is 103 Å². The monoisotopic (exact) mass is 703 g/mol. The lowest BCUT2D eigenvalue weighted by atomic mass is 9.82. The van der Waals surface area contributed by atoms with Crippen molar-refractivity contribution in [3.8, 4) is 5.75 Å². The fourth-order valence-corrected chi connectivity index (χ4v) is 8.56. The van der Waals surface area contributed by atoms with E-state index in [2.05, 4.69) is 21.2 Å². The molecule has 226 valence electrons. The van der Waals surface area contributed by atoms with E-state index in [0.717, 1.165) is 49.2 Å². The van der Waals surface area contributed by atoms with E-state index >= 15 is 0 Å². The zero-order valence-electron chi connectivity index (χ0n) is 22.6. The molecular weight excluding hydrogens is 683 g/mol. The van der Waals surface area contributed by atoms with E-state index in [-0.39, 0.29) is 0 Å². The Morgan fingerprint density at radius 3 is 2.36 bits per heavy atom. The Kier molecular flexibility index (Phi) is 7.92. The van der Waals surface area contributed by atoms with Gasteiger partial charge in [-0.05, 0) is 42.5 Å². The number of thioether (sulfide) groups is 1. The molecule has 6 rings (SSSR count). The standard InChI is InChI=1S/C30H21BrF3N3O5S2/c1-42-20-9-5-2-6-17(20)22-23-24(27(40)37(26(23)39)16-12-10-15(31)11-13-16)43-28-25(22)44-29(41)36(28)14-21(38)35-19-8-4-3-7-18(19)30(32,33)34/h2-13,22-24H,14H2,1H3,(H,35,38)/t22-,23-,24+/m0/s1. The highest BCUT2D eigenvalue weighted by atomic mass is 79.9. The summed E-state index contributed by atoms with van der Waals surface area (Å²) in [6.07, 6.45) is -4.70. The van der Waals surface area contributed by atoms with Crippen LogP contribution in [-0.2, 0) is 27.1 Å². The SMILES string of the molecule is COc1ccccc1[C@@H]1c2sc(=O)n(CC(=O)Nc3ccccc3C(F)(F)F)c2S[C@H]2C(=O)N(c3ccc(Br)cc3)C(=O)[C@@H]12. The number of aromatic nitrogens is 1. The van der Waals surface area contributed by atoms with Crippen molar-refractivity contribution in [3.63, 3.8) is 0 Å². The lowest BCUT2D eigenvalue weighted by Gasteiger charge is -2.31. The average molecular weight is 705 g/mol. The number of anilines is 2. The fraction of sp³-hybridized carbons (Fsp3) is 0.200. The topological polar surface area (TPSA) is 97.7 Å². The molecule has 0 bridgehead atoms. The predicted octanol–water partition coefficient (Wildman–Crippen LogP) is 6.13. The summed E-state index contributed by atoms with van der Waals surface area (Å²) in [7, 11) is 1.47. The Hall–Kier alpha value is -3.88. The van der Waals surface area contributed by atoms with E-state index in [4.69, 9.17) is 4.74 Å². The fourth-order valence-electron chi connectivity index (χ4n) is 5.53. The van der Waals surface area contributed by atoms with Gasteiger partial charge in [0.2, 0.25) is 17.7 Å². The number of nitrogens with one attached hydrogen (secondary N) is 1. The molecule has 3 heterocycles. The van der Waals surface area contributed by atoms with Gasteiger partial charge in [0.25, 0.3) is 0 Å². The Labute approximate surface area is 265 Å². The molecular formula is C30H21BrF3N3O5S2. The summed E-state index contributed by atoms with van der Waals surface area (Å²) in [6.45, 7) is -0.599. The number of benzene rings is 3. The van der Waals surface area contributed by atoms with Crippen LogP contribution in [0.1, 0.15) is 21.9 Å². The first-order valence-corrected chi connectivity index (χ1v) is 15.6. The molecule has 0 saturated carbocycles. The lowest BCUT2D eigenvalue weighted by molar-refractivity contribution is -0.137. The molecule has 1 aromatic heterocycles. The van der Waals surface area contributed by atoms with Crippen LogP contribution in [0.25, 0.3) is 0 Å². The van der Waals surface area contributed by atoms with Crippen molar-refractivity contribution in [2.75, 3.05) is 17.3 Å². The molecule has 1 fully saturated rings. The van der Waals surface area contributed by atoms with Gasteiger partial charge in [0.05, 0.1) is 35.0 Å². The number of halogens is 4. The maximum atomic E-state index is 14.0. The quantitative estimate of drug-likeness (QED) is 0.243. The number of thiazole rings is 1. The summed E-state index contributed by atoms with van der Waals surface area (Å²) >= 11 is 5.19. The molecule has 0 unspecified atom stereocenters. The van der Waals surface area contributed by atoms with Gasteiger partial charge in [-0.25, -0.2) is 4.90 Å². The maximum absolute atomic E-state index is 14.0. The number of imide groups is 1. The van der Waals surface area contributed by atoms with Gasteiger partial charge in [0.1, 0.15) is 17.5 Å². The molecule has 3 atom stereocenters. The number of rotatable bonds is 6. The van der Waals surface area contributed by atoms with Gasteiger partial charge in [-0.2, -0.15) is 13.2 Å². The highest BCUT2D eigenvalue weighted by Gasteiger charge is 2.57. The minimum absolute atomic E-state index is 0.301. The molecule has 0 spiro atoms. The number of ether oxygens (including phenoxy) is 1. The molecule has 14 heteroatoms. The van der Waals surface area contributed by atoms with Crippen molar-refractivity contribution in [2.24, 2.45) is 5.92 Å². The second-order valence-electron chi connectivity index (χ2n) is 9.99. The van der Waals surface area contributed by atoms with Crippen LogP contribution in [0.4, 0.5) is 24.5 Å². The van der Waals surface area contributed by atoms with Gasteiger partial charge in [0, 0.05) is 20.8 Å². The van der Waals surface area contributed by atoms with Crippen LogP contribution in [0.15, 0.2) is 87.1 Å². The second kappa shape index (κ2) is 11.6. The molecule has 1 N–H and O–H groups in total. The van der Waals surface area contributed by atoms with Crippen molar-refractivity contribution >= 4 is 68.1 Å². The first-order chi connectivity index (χ1) is 21.0. The third-order valence-electron chi connectivity index (χ3n) is 7.42. The number of methoxy groups -OCH3 is 1. The minimum atomic E-state index is -4.70. The lowest BCUT2D eigenvalue weighted by Crippen LogP contribution is -2.33. The number of carbonyl (C=O) groups is 3. The van der Waals surface area contributed by atoms with E-state index in [0.29, 0.717) is 26.9 Å². The molecule has 8 nitrogen and oxygen atoms in total. The van der Waals surface area contributed by atoms with Crippen LogP contribution in [0.3, 0.4) is 0 Å². The highest BCUT2D eigenvalue weighted by molar-refractivity contribution is 9.10. The van der Waals surface area contributed by atoms with Crippen LogP contribution in [0, 0.1) is 5.92 Å². The first-order valence-electron chi connectivity index (χ1n) is 13.1. The summed E-state index contributed by atoms with van der Waals surface area (Å²) < 4.78 is 48.1. The molecule has 3 amide bonds. The summed E-state index contributed by atoms with van der Waals surface area (Å²) in [4.78, 5) is 55.3. The van der Waals surface area contributed by atoms with Crippen LogP contribution < -0.4 is 19.8 Å². The Bertz CT molecular complexity index is 1860. The number of nitrogens with zero attached hydrogens (tertiary/aromatic N) is 2. The number of carbonyl (C=O) groups excluding carboxylic acids is 3. The zero-order valence-corrected chi connectivity index (χ0v) is 25.9. The third kappa shape index (κ3) is 5.24. The molecule has 4 aromatic rings. The van der Waals surface area contributed by atoms with Gasteiger partial charge in [-0.3, -0.25) is 23.7 Å². The van der Waals surface area contributed by atoms with E-state index in [9.17, 15) is 32.3 Å². The summed E-state index contributed by atoms with van der Waals surface area (Å²) in [6, 6.07) is 18.3. The zero-order chi connectivity index (χ0) is 31.3. The maximum Gasteiger partial charge on any atom is 0.418 e. The van der Waals surface area contributed by atoms with Crippen molar-refractivity contribution in [1.29, 1.82) is 0 Å². The molecule has 2 aliphatic rings. The van der Waals surface area contributed by atoms with E-state index in [1.54, 1.807) is 48.5 Å². The van der Waals surface area contributed by atoms with E-state index in [1.165, 1.54) is 19.2 Å². The van der Waals surface area contributed by atoms with Gasteiger partial charge < -0.3 is 10.1 Å². The van der Waals surface area contributed by atoms with Gasteiger partial charge in [-0.1, -0.05) is 69.4 Å². The molecule has 0 aliphatic carbocycles. The third-order valence-corrected chi connectivity index (χ3v) is 10.5.